The van der Waals surface area contributed by atoms with E-state index in [1.807, 2.05) is 13.0 Å². The van der Waals surface area contributed by atoms with Crippen LogP contribution in [0, 0.1) is 6.92 Å². The summed E-state index contributed by atoms with van der Waals surface area (Å²) in [6.07, 6.45) is 6.92. The molecule has 0 N–H and O–H groups in total. The molecule has 92 valence electrons. The Balaban J connectivity index is 1.67. The lowest BCUT2D eigenvalue weighted by Gasteiger charge is -2.35. The first-order chi connectivity index (χ1) is 8.22. The minimum Gasteiger partial charge on any atom is -0.460 e. The predicted octanol–water partition coefficient (Wildman–Crippen LogP) is 1.79. The number of aromatic nitrogens is 2. The van der Waals surface area contributed by atoms with Crippen molar-refractivity contribution in [3.8, 4) is 6.01 Å². The molecule has 2 atom stereocenters. The topological polar surface area (TPSA) is 38.2 Å². The summed E-state index contributed by atoms with van der Waals surface area (Å²) in [6, 6.07) is 3.83. The van der Waals surface area contributed by atoms with E-state index >= 15 is 0 Å². The Morgan fingerprint density at radius 3 is 2.65 bits per heavy atom. The molecule has 4 nitrogen and oxygen atoms in total. The van der Waals surface area contributed by atoms with Crippen LogP contribution in [-0.2, 0) is 0 Å². The van der Waals surface area contributed by atoms with Crippen molar-refractivity contribution >= 4 is 0 Å². The van der Waals surface area contributed by atoms with Gasteiger partial charge in [-0.3, -0.25) is 0 Å². The van der Waals surface area contributed by atoms with Gasteiger partial charge in [-0.25, -0.2) is 9.97 Å². The number of fused-ring (bicyclic) bond motifs is 2. The second-order valence-corrected chi connectivity index (χ2v) is 5.24. The highest BCUT2D eigenvalue weighted by Crippen LogP contribution is 2.35. The number of ether oxygens (including phenoxy) is 1. The number of aryl methyl sites for hydroxylation is 1. The van der Waals surface area contributed by atoms with Crippen LogP contribution in [0.1, 0.15) is 31.4 Å². The van der Waals surface area contributed by atoms with Gasteiger partial charge in [-0.2, -0.15) is 0 Å². The van der Waals surface area contributed by atoms with Gasteiger partial charge < -0.3 is 9.64 Å². The Labute approximate surface area is 102 Å². The number of piperidine rings is 1. The maximum atomic E-state index is 5.92. The van der Waals surface area contributed by atoms with E-state index in [2.05, 4.69) is 21.9 Å². The van der Waals surface area contributed by atoms with Gasteiger partial charge in [0.2, 0.25) is 0 Å². The van der Waals surface area contributed by atoms with Gasteiger partial charge in [0.1, 0.15) is 6.10 Å². The third-order valence-corrected chi connectivity index (χ3v) is 4.10. The van der Waals surface area contributed by atoms with Crippen LogP contribution in [-0.4, -0.2) is 40.1 Å². The summed E-state index contributed by atoms with van der Waals surface area (Å²) in [7, 11) is 2.24. The van der Waals surface area contributed by atoms with Crippen LogP contribution in [0.5, 0.6) is 6.01 Å². The zero-order chi connectivity index (χ0) is 11.8. The molecule has 2 saturated heterocycles. The number of nitrogens with zero attached hydrogens (tertiary/aromatic N) is 3. The number of rotatable bonds is 2. The van der Waals surface area contributed by atoms with Crippen molar-refractivity contribution in [2.24, 2.45) is 0 Å². The summed E-state index contributed by atoms with van der Waals surface area (Å²) < 4.78 is 5.92. The van der Waals surface area contributed by atoms with Crippen molar-refractivity contribution < 1.29 is 4.74 Å². The van der Waals surface area contributed by atoms with E-state index in [1.54, 1.807) is 6.20 Å². The van der Waals surface area contributed by atoms with E-state index < -0.39 is 0 Å². The van der Waals surface area contributed by atoms with Crippen LogP contribution < -0.4 is 4.74 Å². The molecular weight excluding hydrogens is 214 g/mol. The maximum Gasteiger partial charge on any atom is 0.316 e. The molecular formula is C13H19N3O. The smallest absolute Gasteiger partial charge is 0.316 e. The van der Waals surface area contributed by atoms with Crippen molar-refractivity contribution in [3.05, 3.63) is 18.0 Å². The molecule has 1 aromatic heterocycles. The van der Waals surface area contributed by atoms with E-state index in [-0.39, 0.29) is 0 Å². The highest BCUT2D eigenvalue weighted by atomic mass is 16.5. The van der Waals surface area contributed by atoms with Crippen molar-refractivity contribution in [3.63, 3.8) is 0 Å². The van der Waals surface area contributed by atoms with Crippen molar-refractivity contribution in [2.45, 2.75) is 50.8 Å². The largest absolute Gasteiger partial charge is 0.460 e. The number of hydrogen-bond acceptors (Lipinski definition) is 4. The molecule has 2 fully saturated rings. The first-order valence-electron chi connectivity index (χ1n) is 6.40. The molecule has 2 bridgehead atoms. The van der Waals surface area contributed by atoms with Crippen LogP contribution in [0.4, 0.5) is 0 Å². The lowest BCUT2D eigenvalue weighted by Crippen LogP contribution is -2.44. The average molecular weight is 233 g/mol. The third kappa shape index (κ3) is 2.14. The van der Waals surface area contributed by atoms with Gasteiger partial charge in [-0.15, -0.1) is 0 Å². The lowest BCUT2D eigenvalue weighted by atomic mass is 10.0. The molecule has 0 spiro atoms. The van der Waals surface area contributed by atoms with E-state index in [9.17, 15) is 0 Å². The lowest BCUT2D eigenvalue weighted by molar-refractivity contribution is 0.0599. The molecule has 3 rings (SSSR count). The van der Waals surface area contributed by atoms with Crippen LogP contribution in [0.3, 0.4) is 0 Å². The van der Waals surface area contributed by atoms with Gasteiger partial charge in [-0.1, -0.05) is 0 Å². The molecule has 0 amide bonds. The molecule has 1 aromatic rings. The van der Waals surface area contributed by atoms with Gasteiger partial charge in [-0.05, 0) is 32.9 Å². The molecule has 2 aliphatic heterocycles. The first-order valence-corrected chi connectivity index (χ1v) is 6.40. The first kappa shape index (κ1) is 11.0. The summed E-state index contributed by atoms with van der Waals surface area (Å²) >= 11 is 0. The Morgan fingerprint density at radius 1 is 1.29 bits per heavy atom. The molecule has 0 saturated carbocycles. The van der Waals surface area contributed by atoms with Gasteiger partial charge in [0.05, 0.1) is 0 Å². The van der Waals surface area contributed by atoms with E-state index in [0.717, 1.165) is 18.5 Å². The Bertz CT molecular complexity index is 395. The second-order valence-electron chi connectivity index (χ2n) is 5.24. The molecule has 0 aromatic carbocycles. The highest BCUT2D eigenvalue weighted by molar-refractivity contribution is 5.04. The summed E-state index contributed by atoms with van der Waals surface area (Å²) in [6.45, 7) is 1.97. The molecule has 2 aliphatic rings. The Hall–Kier alpha value is -1.16. The fourth-order valence-electron chi connectivity index (χ4n) is 3.09. The SMILES string of the molecule is Cc1ccnc(OC2CC3CCC(C2)N3C)n1. The van der Waals surface area contributed by atoms with Crippen molar-refractivity contribution in [1.82, 2.24) is 14.9 Å². The minimum absolute atomic E-state index is 0.297. The molecule has 0 aliphatic carbocycles. The van der Waals surface area contributed by atoms with Crippen LogP contribution >= 0.6 is 0 Å². The Morgan fingerprint density at radius 2 is 2.00 bits per heavy atom. The summed E-state index contributed by atoms with van der Waals surface area (Å²) in [5.41, 5.74) is 0.964. The molecule has 4 heteroatoms. The van der Waals surface area contributed by atoms with Gasteiger partial charge in [0.25, 0.3) is 0 Å². The fraction of sp³-hybridized carbons (Fsp3) is 0.692. The summed E-state index contributed by atoms with van der Waals surface area (Å²) in [5.74, 6) is 0. The van der Waals surface area contributed by atoms with E-state index in [0.29, 0.717) is 24.2 Å². The van der Waals surface area contributed by atoms with Crippen molar-refractivity contribution in [2.75, 3.05) is 7.05 Å². The predicted molar refractivity (Wildman–Crippen MR) is 65.0 cm³/mol. The monoisotopic (exact) mass is 233 g/mol. The number of hydrogen-bond donors (Lipinski definition) is 0. The highest BCUT2D eigenvalue weighted by Gasteiger charge is 2.39. The third-order valence-electron chi connectivity index (χ3n) is 4.10. The van der Waals surface area contributed by atoms with Crippen LogP contribution in [0.15, 0.2) is 12.3 Å². The summed E-state index contributed by atoms with van der Waals surface area (Å²) in [4.78, 5) is 11.0. The quantitative estimate of drug-likeness (QED) is 0.780. The molecule has 2 unspecified atom stereocenters. The Kier molecular flexibility index (Phi) is 2.74. The molecule has 0 radical (unpaired) electrons. The zero-order valence-corrected chi connectivity index (χ0v) is 10.5. The van der Waals surface area contributed by atoms with E-state index in [4.69, 9.17) is 4.74 Å². The average Bonchev–Trinajstić information content (AvgIpc) is 2.52. The molecule has 3 heterocycles. The van der Waals surface area contributed by atoms with Crippen LogP contribution in [0.2, 0.25) is 0 Å². The maximum absolute atomic E-state index is 5.92. The van der Waals surface area contributed by atoms with Crippen molar-refractivity contribution in [1.29, 1.82) is 0 Å². The standard InChI is InChI=1S/C13H19N3O/c1-9-5-6-14-13(15-9)17-12-7-10-3-4-11(8-12)16(10)2/h5-6,10-12H,3-4,7-8H2,1-2H3. The van der Waals surface area contributed by atoms with Crippen LogP contribution in [0.25, 0.3) is 0 Å². The van der Waals surface area contributed by atoms with Gasteiger partial charge >= 0.3 is 6.01 Å². The minimum atomic E-state index is 0.297. The second kappa shape index (κ2) is 4.26. The summed E-state index contributed by atoms with van der Waals surface area (Å²) in [5, 5.41) is 0. The molecule has 17 heavy (non-hydrogen) atoms. The van der Waals surface area contributed by atoms with Gasteiger partial charge in [0.15, 0.2) is 0 Å². The van der Waals surface area contributed by atoms with E-state index in [1.165, 1.54) is 12.8 Å². The fourth-order valence-corrected chi connectivity index (χ4v) is 3.09. The van der Waals surface area contributed by atoms with Gasteiger partial charge in [0, 0.05) is 36.8 Å². The zero-order valence-electron chi connectivity index (χ0n) is 10.5. The normalized spacial score (nSPS) is 32.7.